The standard InChI is InChI=1S/2C9H10O4/c2*1-9(12,8(10)11)13-7-5-3-2-4-6-7/h2*2-6,12H,1H3,(H,10,11). The molecule has 0 spiro atoms. The van der Waals surface area contributed by atoms with Crippen LogP contribution >= 0.6 is 0 Å². The van der Waals surface area contributed by atoms with E-state index in [-0.39, 0.29) is 0 Å². The SMILES string of the molecule is CC(O)(Oc1ccccc1)C(=O)O.CC(O)(Oc1ccccc1)C(=O)O. The first kappa shape index (κ1) is 20.9. The third-order valence-electron chi connectivity index (χ3n) is 2.91. The second kappa shape index (κ2) is 8.84. The highest BCUT2D eigenvalue weighted by Gasteiger charge is 2.33. The van der Waals surface area contributed by atoms with Crippen molar-refractivity contribution in [3.8, 4) is 11.5 Å². The van der Waals surface area contributed by atoms with Crippen LogP contribution in [0, 0.1) is 0 Å². The summed E-state index contributed by atoms with van der Waals surface area (Å²) < 4.78 is 9.64. The molecule has 0 bridgehead atoms. The summed E-state index contributed by atoms with van der Waals surface area (Å²) in [6.07, 6.45) is 0. The van der Waals surface area contributed by atoms with E-state index in [1.807, 2.05) is 0 Å². The molecule has 8 heteroatoms. The molecule has 0 aliphatic carbocycles. The van der Waals surface area contributed by atoms with E-state index in [0.29, 0.717) is 11.5 Å². The topological polar surface area (TPSA) is 134 Å². The lowest BCUT2D eigenvalue weighted by Crippen LogP contribution is -2.41. The number of para-hydroxylation sites is 2. The van der Waals surface area contributed by atoms with Crippen molar-refractivity contribution in [3.05, 3.63) is 60.7 Å². The first-order valence-corrected chi connectivity index (χ1v) is 7.44. The van der Waals surface area contributed by atoms with Gasteiger partial charge < -0.3 is 29.9 Å². The molecule has 0 saturated heterocycles. The molecule has 26 heavy (non-hydrogen) atoms. The van der Waals surface area contributed by atoms with Gasteiger partial charge in [-0.15, -0.1) is 0 Å². The van der Waals surface area contributed by atoms with Crippen LogP contribution in [-0.4, -0.2) is 43.9 Å². The van der Waals surface area contributed by atoms with Crippen molar-refractivity contribution in [2.75, 3.05) is 0 Å². The van der Waals surface area contributed by atoms with Crippen molar-refractivity contribution in [2.24, 2.45) is 0 Å². The minimum Gasteiger partial charge on any atom is -0.476 e. The second-order valence-corrected chi connectivity index (χ2v) is 5.41. The lowest BCUT2D eigenvalue weighted by molar-refractivity contribution is -0.188. The zero-order chi connectivity index (χ0) is 19.8. The van der Waals surface area contributed by atoms with Gasteiger partial charge in [-0.25, -0.2) is 9.59 Å². The van der Waals surface area contributed by atoms with Gasteiger partial charge in [-0.1, -0.05) is 36.4 Å². The second-order valence-electron chi connectivity index (χ2n) is 5.41. The summed E-state index contributed by atoms with van der Waals surface area (Å²) in [5.74, 6) is -6.57. The van der Waals surface area contributed by atoms with Crippen LogP contribution in [0.5, 0.6) is 11.5 Å². The summed E-state index contributed by atoms with van der Waals surface area (Å²) >= 11 is 0. The molecule has 140 valence electrons. The predicted octanol–water partition coefficient (Wildman–Crippen LogP) is 1.72. The molecule has 0 amide bonds. The monoisotopic (exact) mass is 364 g/mol. The number of hydrogen-bond donors (Lipinski definition) is 4. The fourth-order valence-electron chi connectivity index (χ4n) is 1.52. The van der Waals surface area contributed by atoms with E-state index < -0.39 is 23.5 Å². The average Bonchev–Trinajstić information content (AvgIpc) is 2.56. The van der Waals surface area contributed by atoms with Gasteiger partial charge in [0.25, 0.3) is 0 Å². The summed E-state index contributed by atoms with van der Waals surface area (Å²) in [4.78, 5) is 20.9. The quantitative estimate of drug-likeness (QED) is 0.569. The number of rotatable bonds is 6. The van der Waals surface area contributed by atoms with Gasteiger partial charge in [0.2, 0.25) is 0 Å². The largest absolute Gasteiger partial charge is 0.476 e. The average molecular weight is 364 g/mol. The van der Waals surface area contributed by atoms with Gasteiger partial charge in [-0.3, -0.25) is 0 Å². The van der Waals surface area contributed by atoms with E-state index in [1.165, 1.54) is 0 Å². The minimum absolute atomic E-state index is 0.315. The maximum absolute atomic E-state index is 10.5. The van der Waals surface area contributed by atoms with Crippen LogP contribution in [-0.2, 0) is 9.59 Å². The highest BCUT2D eigenvalue weighted by molar-refractivity contribution is 5.75. The van der Waals surface area contributed by atoms with Gasteiger partial charge in [0.15, 0.2) is 0 Å². The van der Waals surface area contributed by atoms with E-state index in [0.717, 1.165) is 13.8 Å². The molecule has 8 nitrogen and oxygen atoms in total. The minimum atomic E-state index is -2.18. The number of ether oxygens (including phenoxy) is 2. The zero-order valence-corrected chi connectivity index (χ0v) is 14.2. The zero-order valence-electron chi connectivity index (χ0n) is 14.2. The summed E-state index contributed by atoms with van der Waals surface area (Å²) in [6.45, 7) is 2.14. The molecule has 2 atom stereocenters. The first-order valence-electron chi connectivity index (χ1n) is 7.44. The van der Waals surface area contributed by atoms with Gasteiger partial charge in [0.05, 0.1) is 0 Å². The Morgan fingerprint density at radius 3 is 1.19 bits per heavy atom. The fraction of sp³-hybridized carbons (Fsp3) is 0.222. The van der Waals surface area contributed by atoms with Gasteiger partial charge >= 0.3 is 23.5 Å². The first-order chi connectivity index (χ1) is 12.0. The highest BCUT2D eigenvalue weighted by Crippen LogP contribution is 2.16. The third-order valence-corrected chi connectivity index (χ3v) is 2.91. The summed E-state index contributed by atoms with van der Waals surface area (Å²) in [5.41, 5.74) is 0. The molecule has 0 heterocycles. The van der Waals surface area contributed by atoms with E-state index in [1.54, 1.807) is 60.7 Å². The maximum Gasteiger partial charge on any atom is 0.376 e. The number of aliphatic hydroxyl groups is 2. The maximum atomic E-state index is 10.5. The van der Waals surface area contributed by atoms with E-state index in [9.17, 15) is 19.8 Å². The van der Waals surface area contributed by atoms with Crippen molar-refractivity contribution in [2.45, 2.75) is 25.4 Å². The Kier molecular flexibility index (Phi) is 7.12. The van der Waals surface area contributed by atoms with Crippen LogP contribution in [0.3, 0.4) is 0 Å². The number of hydrogen-bond acceptors (Lipinski definition) is 6. The molecule has 2 rings (SSSR count). The molecule has 2 unspecified atom stereocenters. The summed E-state index contributed by atoms with van der Waals surface area (Å²) in [6, 6.07) is 16.6. The van der Waals surface area contributed by atoms with E-state index >= 15 is 0 Å². The van der Waals surface area contributed by atoms with Crippen molar-refractivity contribution < 1.29 is 39.5 Å². The number of carboxylic acid groups (broad SMARTS) is 2. The van der Waals surface area contributed by atoms with Crippen molar-refractivity contribution in [3.63, 3.8) is 0 Å². The van der Waals surface area contributed by atoms with Crippen molar-refractivity contribution in [1.29, 1.82) is 0 Å². The van der Waals surface area contributed by atoms with Crippen LogP contribution < -0.4 is 9.47 Å². The molecule has 0 aliphatic rings. The lowest BCUT2D eigenvalue weighted by Gasteiger charge is -2.19. The third kappa shape index (κ3) is 6.80. The van der Waals surface area contributed by atoms with E-state index in [4.69, 9.17) is 19.7 Å². The summed E-state index contributed by atoms with van der Waals surface area (Å²) in [5, 5.41) is 35.5. The Hall–Kier alpha value is -3.10. The Morgan fingerprint density at radius 1 is 0.692 bits per heavy atom. The molecule has 2 aromatic carbocycles. The Balaban J connectivity index is 0.000000260. The van der Waals surface area contributed by atoms with Crippen LogP contribution in [0.15, 0.2) is 60.7 Å². The van der Waals surface area contributed by atoms with Gasteiger partial charge in [0.1, 0.15) is 11.5 Å². The molecule has 0 saturated carbocycles. The Bertz CT molecular complexity index is 647. The predicted molar refractivity (Wildman–Crippen MR) is 90.7 cm³/mol. The number of aliphatic carboxylic acids is 2. The molecule has 0 aromatic heterocycles. The van der Waals surface area contributed by atoms with Crippen molar-refractivity contribution >= 4 is 11.9 Å². The number of carbonyl (C=O) groups is 2. The van der Waals surface area contributed by atoms with Gasteiger partial charge in [-0.05, 0) is 24.3 Å². The Morgan fingerprint density at radius 2 is 0.962 bits per heavy atom. The van der Waals surface area contributed by atoms with Crippen molar-refractivity contribution in [1.82, 2.24) is 0 Å². The molecule has 0 aliphatic heterocycles. The molecule has 2 aromatic rings. The van der Waals surface area contributed by atoms with Gasteiger partial charge in [0, 0.05) is 13.8 Å². The van der Waals surface area contributed by atoms with E-state index in [2.05, 4.69) is 0 Å². The Labute approximate surface area is 149 Å². The fourth-order valence-corrected chi connectivity index (χ4v) is 1.52. The number of carboxylic acids is 2. The normalized spacial score (nSPS) is 14.6. The summed E-state index contributed by atoms with van der Waals surface area (Å²) in [7, 11) is 0. The lowest BCUT2D eigenvalue weighted by atomic mass is 10.3. The number of benzene rings is 2. The van der Waals surface area contributed by atoms with Crippen LogP contribution in [0.2, 0.25) is 0 Å². The van der Waals surface area contributed by atoms with Crippen LogP contribution in [0.25, 0.3) is 0 Å². The highest BCUT2D eigenvalue weighted by atomic mass is 16.7. The molecule has 0 fully saturated rings. The molecular weight excluding hydrogens is 344 g/mol. The molecule has 4 N–H and O–H groups in total. The smallest absolute Gasteiger partial charge is 0.376 e. The molecule has 0 radical (unpaired) electrons. The van der Waals surface area contributed by atoms with Crippen LogP contribution in [0.1, 0.15) is 13.8 Å². The van der Waals surface area contributed by atoms with Crippen LogP contribution in [0.4, 0.5) is 0 Å². The van der Waals surface area contributed by atoms with Gasteiger partial charge in [-0.2, -0.15) is 0 Å². The molecular formula is C18H20O8.